The molecule has 0 unspecified atom stereocenters. The van der Waals surface area contributed by atoms with Crippen LogP contribution < -0.4 is 9.47 Å². The zero-order chi connectivity index (χ0) is 14.7. The lowest BCUT2D eigenvalue weighted by atomic mass is 9.90. The number of benzene rings is 1. The molecule has 0 atom stereocenters. The van der Waals surface area contributed by atoms with Gasteiger partial charge >= 0.3 is 0 Å². The summed E-state index contributed by atoms with van der Waals surface area (Å²) in [5.41, 5.74) is 0.0313. The Bertz CT molecular complexity index is 518. The number of ether oxygens (including phenoxy) is 3. The molecule has 1 aliphatic heterocycles. The number of Topliss-reactive ketones (excluding diaryl/α,β-unsaturated/α-hetero) is 1. The molecule has 0 N–H and O–H groups in total. The van der Waals surface area contributed by atoms with Crippen LogP contribution in [0.4, 0.5) is 0 Å². The fourth-order valence-electron chi connectivity index (χ4n) is 3.23. The average molecular weight is 290 g/mol. The molecule has 0 radical (unpaired) electrons. The predicted octanol–water partition coefficient (Wildman–Crippen LogP) is 3.38. The van der Waals surface area contributed by atoms with Gasteiger partial charge < -0.3 is 14.2 Å². The molecule has 2 aliphatic rings. The summed E-state index contributed by atoms with van der Waals surface area (Å²) in [6.45, 7) is 3.79. The Balaban J connectivity index is 1.89. The fraction of sp³-hybridized carbons (Fsp3) is 0.588. The maximum absolute atomic E-state index is 12.9. The van der Waals surface area contributed by atoms with E-state index >= 15 is 0 Å². The second kappa shape index (κ2) is 6.06. The van der Waals surface area contributed by atoms with Crippen LogP contribution in [0.15, 0.2) is 18.2 Å². The van der Waals surface area contributed by atoms with Gasteiger partial charge in [-0.1, -0.05) is 0 Å². The van der Waals surface area contributed by atoms with Gasteiger partial charge in [0.15, 0.2) is 17.3 Å². The maximum atomic E-state index is 12.9. The predicted molar refractivity (Wildman–Crippen MR) is 79.2 cm³/mol. The minimum atomic E-state index is -0.630. The lowest BCUT2D eigenvalue weighted by molar-refractivity contribution is -0.0163. The summed E-state index contributed by atoms with van der Waals surface area (Å²) in [6.07, 6.45) is 4.59. The molecular weight excluding hydrogens is 268 g/mol. The molecule has 114 valence electrons. The molecule has 1 aromatic carbocycles. The third kappa shape index (κ3) is 2.77. The number of carbonyl (C=O) groups excluding carboxylic acids is 1. The van der Waals surface area contributed by atoms with Gasteiger partial charge in [0.2, 0.25) is 0 Å². The van der Waals surface area contributed by atoms with Gasteiger partial charge in [-0.2, -0.15) is 0 Å². The molecule has 4 heteroatoms. The molecule has 3 rings (SSSR count). The highest BCUT2D eigenvalue weighted by Gasteiger charge is 2.42. The molecule has 1 saturated carbocycles. The Labute approximate surface area is 125 Å². The van der Waals surface area contributed by atoms with E-state index in [-0.39, 0.29) is 5.78 Å². The van der Waals surface area contributed by atoms with Crippen LogP contribution in [0.5, 0.6) is 11.5 Å². The van der Waals surface area contributed by atoms with Crippen LogP contribution in [-0.2, 0) is 4.74 Å². The maximum Gasteiger partial charge on any atom is 0.194 e. The van der Waals surface area contributed by atoms with Crippen molar-refractivity contribution in [2.45, 2.75) is 44.6 Å². The van der Waals surface area contributed by atoms with E-state index in [0.717, 1.165) is 37.9 Å². The summed E-state index contributed by atoms with van der Waals surface area (Å²) in [4.78, 5) is 12.9. The lowest BCUT2D eigenvalue weighted by Crippen LogP contribution is -2.38. The summed E-state index contributed by atoms with van der Waals surface area (Å²) >= 11 is 0. The average Bonchev–Trinajstić information content (AvgIpc) is 2.85. The van der Waals surface area contributed by atoms with Gasteiger partial charge in [-0.25, -0.2) is 0 Å². The van der Waals surface area contributed by atoms with Gasteiger partial charge in [0.25, 0.3) is 0 Å². The summed E-state index contributed by atoms with van der Waals surface area (Å²) in [7, 11) is 0. The first-order chi connectivity index (χ1) is 10.2. The summed E-state index contributed by atoms with van der Waals surface area (Å²) in [5.74, 6) is 1.47. The molecule has 1 aliphatic carbocycles. The van der Waals surface area contributed by atoms with Gasteiger partial charge in [0, 0.05) is 18.6 Å². The number of hydrogen-bond donors (Lipinski definition) is 0. The van der Waals surface area contributed by atoms with Crippen LogP contribution in [0.1, 0.15) is 49.4 Å². The van der Waals surface area contributed by atoms with Crippen LogP contribution >= 0.6 is 0 Å². The van der Waals surface area contributed by atoms with Gasteiger partial charge in [0.05, 0.1) is 13.2 Å². The highest BCUT2D eigenvalue weighted by atomic mass is 16.5. The van der Waals surface area contributed by atoms with Crippen molar-refractivity contribution in [2.24, 2.45) is 0 Å². The Morgan fingerprint density at radius 3 is 2.57 bits per heavy atom. The van der Waals surface area contributed by atoms with E-state index in [1.165, 1.54) is 0 Å². The Kier molecular flexibility index (Phi) is 4.15. The van der Waals surface area contributed by atoms with Crippen LogP contribution in [0.3, 0.4) is 0 Å². The van der Waals surface area contributed by atoms with E-state index in [1.54, 1.807) is 0 Å². The van der Waals surface area contributed by atoms with Crippen molar-refractivity contribution in [3.05, 3.63) is 23.8 Å². The first kappa shape index (κ1) is 14.4. The standard InChI is InChI=1S/C17H22O4/c1-2-21-17(8-3-4-9-17)16(18)13-6-7-14-15(12-13)20-11-5-10-19-14/h6-7,12H,2-5,8-11H2,1H3. The van der Waals surface area contributed by atoms with Crippen LogP contribution in [-0.4, -0.2) is 31.2 Å². The monoisotopic (exact) mass is 290 g/mol. The molecule has 21 heavy (non-hydrogen) atoms. The van der Waals surface area contributed by atoms with Crippen molar-refractivity contribution in [1.82, 2.24) is 0 Å². The van der Waals surface area contributed by atoms with Crippen molar-refractivity contribution in [2.75, 3.05) is 19.8 Å². The van der Waals surface area contributed by atoms with Gasteiger partial charge in [-0.05, 0) is 50.8 Å². The van der Waals surface area contributed by atoms with Crippen molar-refractivity contribution >= 4 is 5.78 Å². The minimum Gasteiger partial charge on any atom is -0.490 e. The zero-order valence-electron chi connectivity index (χ0n) is 12.5. The smallest absolute Gasteiger partial charge is 0.194 e. The summed E-state index contributed by atoms with van der Waals surface area (Å²) in [6, 6.07) is 5.47. The SMILES string of the molecule is CCOC1(C(=O)c2ccc3c(c2)OCCCO3)CCCC1. The normalized spacial score (nSPS) is 20.0. The number of hydrogen-bond acceptors (Lipinski definition) is 4. The molecule has 0 bridgehead atoms. The first-order valence-electron chi connectivity index (χ1n) is 7.83. The van der Waals surface area contributed by atoms with Crippen LogP contribution in [0, 0.1) is 0 Å². The van der Waals surface area contributed by atoms with E-state index in [1.807, 2.05) is 25.1 Å². The van der Waals surface area contributed by atoms with Crippen molar-refractivity contribution < 1.29 is 19.0 Å². The molecule has 0 amide bonds. The summed E-state index contributed by atoms with van der Waals surface area (Å²) in [5, 5.41) is 0. The number of rotatable bonds is 4. The molecule has 1 heterocycles. The highest BCUT2D eigenvalue weighted by Crippen LogP contribution is 2.38. The number of fused-ring (bicyclic) bond motifs is 1. The van der Waals surface area contributed by atoms with Gasteiger partial charge in [-0.3, -0.25) is 4.79 Å². The van der Waals surface area contributed by atoms with E-state index in [4.69, 9.17) is 14.2 Å². The first-order valence-corrected chi connectivity index (χ1v) is 7.83. The quantitative estimate of drug-likeness (QED) is 0.797. The van der Waals surface area contributed by atoms with Crippen molar-refractivity contribution in [1.29, 1.82) is 0 Å². The molecule has 0 saturated heterocycles. The summed E-state index contributed by atoms with van der Waals surface area (Å²) < 4.78 is 17.1. The topological polar surface area (TPSA) is 44.8 Å². The van der Waals surface area contributed by atoms with Crippen LogP contribution in [0.25, 0.3) is 0 Å². The Morgan fingerprint density at radius 2 is 1.86 bits per heavy atom. The van der Waals surface area contributed by atoms with E-state index in [9.17, 15) is 4.79 Å². The van der Waals surface area contributed by atoms with Crippen molar-refractivity contribution in [3.8, 4) is 11.5 Å². The second-order valence-electron chi connectivity index (χ2n) is 5.68. The second-order valence-corrected chi connectivity index (χ2v) is 5.68. The highest BCUT2D eigenvalue weighted by molar-refractivity contribution is 6.03. The molecule has 4 nitrogen and oxygen atoms in total. The lowest BCUT2D eigenvalue weighted by Gasteiger charge is -2.27. The molecule has 0 aromatic heterocycles. The van der Waals surface area contributed by atoms with Crippen molar-refractivity contribution in [3.63, 3.8) is 0 Å². The van der Waals surface area contributed by atoms with Gasteiger partial charge in [0.1, 0.15) is 5.60 Å². The Morgan fingerprint density at radius 1 is 1.14 bits per heavy atom. The van der Waals surface area contributed by atoms with E-state index in [0.29, 0.717) is 31.1 Å². The molecule has 1 fully saturated rings. The third-order valence-corrected chi connectivity index (χ3v) is 4.26. The number of carbonyl (C=O) groups is 1. The van der Waals surface area contributed by atoms with Crippen LogP contribution in [0.2, 0.25) is 0 Å². The molecule has 1 aromatic rings. The number of ketones is 1. The van der Waals surface area contributed by atoms with Gasteiger partial charge in [-0.15, -0.1) is 0 Å². The zero-order valence-corrected chi connectivity index (χ0v) is 12.5. The fourth-order valence-corrected chi connectivity index (χ4v) is 3.23. The Hall–Kier alpha value is -1.55. The van der Waals surface area contributed by atoms with E-state index < -0.39 is 5.60 Å². The minimum absolute atomic E-state index is 0.0810. The van der Waals surface area contributed by atoms with E-state index in [2.05, 4.69) is 0 Å². The third-order valence-electron chi connectivity index (χ3n) is 4.26. The molecule has 0 spiro atoms. The molecular formula is C17H22O4. The largest absolute Gasteiger partial charge is 0.490 e.